The molecule has 0 fully saturated rings. The molecule has 3 aromatic rings. The molecular weight excluding hydrogens is 364 g/mol. The van der Waals surface area contributed by atoms with Crippen molar-refractivity contribution in [1.82, 2.24) is 18.7 Å². The number of fused-ring (bicyclic) bond motifs is 1. The Hall–Kier alpha value is -2.34. The fourth-order valence-electron chi connectivity index (χ4n) is 3.15. The van der Waals surface area contributed by atoms with E-state index in [0.717, 1.165) is 6.42 Å². The molecule has 1 aromatic carbocycles. The van der Waals surface area contributed by atoms with Crippen LogP contribution in [-0.4, -0.2) is 18.7 Å². The number of nitrogens with zero attached hydrogens (tertiary/aromatic N) is 4. The maximum Gasteiger partial charge on any atom is 0.337 e. The summed E-state index contributed by atoms with van der Waals surface area (Å²) in [7, 11) is 0. The standard InChI is InChI=1S/C20H25ClN4O2/c1-13(2)9-10-24-19(26)17-18(22-12-23(17)11-14(3)4)25(20(24)27)16-8-6-5-7-15(16)21/h5-8,12-14H,9-11H2,1-4H3. The first-order chi connectivity index (χ1) is 12.8. The number of imidazole rings is 1. The third-order valence-electron chi connectivity index (χ3n) is 4.49. The molecular formula is C20H25ClN4O2. The van der Waals surface area contributed by atoms with E-state index in [2.05, 4.69) is 32.7 Å². The van der Waals surface area contributed by atoms with Gasteiger partial charge in [0.15, 0.2) is 11.2 Å². The minimum Gasteiger partial charge on any atom is -0.324 e. The molecule has 2 aromatic heterocycles. The molecule has 0 unspecified atom stereocenters. The highest BCUT2D eigenvalue weighted by Crippen LogP contribution is 2.21. The van der Waals surface area contributed by atoms with Crippen LogP contribution in [0.5, 0.6) is 0 Å². The van der Waals surface area contributed by atoms with Gasteiger partial charge in [0.1, 0.15) is 0 Å². The summed E-state index contributed by atoms with van der Waals surface area (Å²) in [6, 6.07) is 7.11. The Morgan fingerprint density at radius 2 is 1.78 bits per heavy atom. The highest BCUT2D eigenvalue weighted by atomic mass is 35.5. The highest BCUT2D eigenvalue weighted by Gasteiger charge is 2.20. The largest absolute Gasteiger partial charge is 0.337 e. The van der Waals surface area contributed by atoms with Gasteiger partial charge >= 0.3 is 5.69 Å². The Kier molecular flexibility index (Phi) is 5.56. The van der Waals surface area contributed by atoms with Gasteiger partial charge in [-0.2, -0.15) is 0 Å². The van der Waals surface area contributed by atoms with E-state index >= 15 is 0 Å². The second kappa shape index (κ2) is 7.72. The number of aromatic nitrogens is 4. The smallest absolute Gasteiger partial charge is 0.324 e. The summed E-state index contributed by atoms with van der Waals surface area (Å²) < 4.78 is 4.60. The Morgan fingerprint density at radius 3 is 2.41 bits per heavy atom. The van der Waals surface area contributed by atoms with Gasteiger partial charge in [0.05, 0.1) is 17.0 Å². The molecule has 0 aliphatic rings. The van der Waals surface area contributed by atoms with Crippen LogP contribution >= 0.6 is 11.6 Å². The predicted octanol–water partition coefficient (Wildman–Crippen LogP) is 3.70. The zero-order valence-corrected chi connectivity index (χ0v) is 16.9. The average molecular weight is 389 g/mol. The summed E-state index contributed by atoms with van der Waals surface area (Å²) in [6.45, 7) is 9.30. The van der Waals surface area contributed by atoms with Crippen molar-refractivity contribution in [3.63, 3.8) is 0 Å². The fraction of sp³-hybridized carbons (Fsp3) is 0.450. The number of rotatable bonds is 6. The van der Waals surface area contributed by atoms with Crippen LogP contribution in [0.1, 0.15) is 34.1 Å². The minimum atomic E-state index is -0.406. The molecule has 0 atom stereocenters. The summed E-state index contributed by atoms with van der Waals surface area (Å²) in [5.74, 6) is 0.716. The molecule has 6 nitrogen and oxygen atoms in total. The van der Waals surface area contributed by atoms with Crippen LogP contribution in [0.25, 0.3) is 16.9 Å². The summed E-state index contributed by atoms with van der Waals surface area (Å²) in [5, 5.41) is 0.438. The Bertz CT molecular complexity index is 1080. The van der Waals surface area contributed by atoms with Crippen LogP contribution < -0.4 is 11.2 Å². The third kappa shape index (κ3) is 3.72. The van der Waals surface area contributed by atoms with E-state index in [4.69, 9.17) is 11.6 Å². The van der Waals surface area contributed by atoms with Crippen molar-refractivity contribution < 1.29 is 0 Å². The van der Waals surface area contributed by atoms with Gasteiger partial charge in [0.2, 0.25) is 0 Å². The van der Waals surface area contributed by atoms with Gasteiger partial charge in [-0.25, -0.2) is 14.3 Å². The highest BCUT2D eigenvalue weighted by molar-refractivity contribution is 6.32. The first-order valence-corrected chi connectivity index (χ1v) is 9.64. The lowest BCUT2D eigenvalue weighted by molar-refractivity contribution is 0.489. The van der Waals surface area contributed by atoms with E-state index in [0.29, 0.717) is 46.8 Å². The van der Waals surface area contributed by atoms with Gasteiger partial charge in [-0.05, 0) is 30.4 Å². The molecule has 27 heavy (non-hydrogen) atoms. The quantitative estimate of drug-likeness (QED) is 0.646. The lowest BCUT2D eigenvalue weighted by Gasteiger charge is -2.14. The molecule has 3 rings (SSSR count). The topological polar surface area (TPSA) is 61.8 Å². The maximum atomic E-state index is 13.2. The SMILES string of the molecule is CC(C)CCn1c(=O)c2c(ncn2CC(C)C)n(-c2ccccc2Cl)c1=O. The van der Waals surface area contributed by atoms with Gasteiger partial charge in [0, 0.05) is 13.1 Å². The van der Waals surface area contributed by atoms with Crippen molar-refractivity contribution in [2.75, 3.05) is 0 Å². The molecule has 0 amide bonds. The molecule has 0 aliphatic carbocycles. The first-order valence-electron chi connectivity index (χ1n) is 9.26. The molecule has 0 saturated carbocycles. The van der Waals surface area contributed by atoms with Crippen LogP contribution in [0.15, 0.2) is 40.2 Å². The lowest BCUT2D eigenvalue weighted by atomic mass is 10.1. The zero-order valence-electron chi connectivity index (χ0n) is 16.1. The number of para-hydroxylation sites is 1. The molecule has 0 spiro atoms. The van der Waals surface area contributed by atoms with Gasteiger partial charge in [-0.1, -0.05) is 51.4 Å². The van der Waals surface area contributed by atoms with Crippen molar-refractivity contribution >= 4 is 22.8 Å². The normalized spacial score (nSPS) is 11.8. The van der Waals surface area contributed by atoms with E-state index in [-0.39, 0.29) is 5.56 Å². The molecule has 7 heteroatoms. The zero-order chi connectivity index (χ0) is 19.7. The summed E-state index contributed by atoms with van der Waals surface area (Å²) in [6.07, 6.45) is 2.37. The molecule has 0 bridgehead atoms. The number of hydrogen-bond donors (Lipinski definition) is 0. The molecule has 0 saturated heterocycles. The third-order valence-corrected chi connectivity index (χ3v) is 4.81. The molecule has 144 valence electrons. The molecule has 2 heterocycles. The van der Waals surface area contributed by atoms with Crippen LogP contribution in [0.4, 0.5) is 0 Å². The molecule has 0 aliphatic heterocycles. The van der Waals surface area contributed by atoms with Crippen LogP contribution in [0.2, 0.25) is 5.02 Å². The molecule has 0 N–H and O–H groups in total. The van der Waals surface area contributed by atoms with Crippen molar-refractivity contribution in [3.05, 3.63) is 56.5 Å². The second-order valence-electron chi connectivity index (χ2n) is 7.67. The van der Waals surface area contributed by atoms with E-state index in [1.807, 2.05) is 10.6 Å². The van der Waals surface area contributed by atoms with Gasteiger partial charge < -0.3 is 4.57 Å². The van der Waals surface area contributed by atoms with Gasteiger partial charge in [-0.15, -0.1) is 0 Å². The second-order valence-corrected chi connectivity index (χ2v) is 8.08. The van der Waals surface area contributed by atoms with Gasteiger partial charge in [0.25, 0.3) is 5.56 Å². The predicted molar refractivity (Wildman–Crippen MR) is 109 cm³/mol. The minimum absolute atomic E-state index is 0.294. The van der Waals surface area contributed by atoms with E-state index in [9.17, 15) is 9.59 Å². The van der Waals surface area contributed by atoms with Crippen molar-refractivity contribution in [2.24, 2.45) is 11.8 Å². The van der Waals surface area contributed by atoms with Crippen LogP contribution in [0, 0.1) is 11.8 Å². The Morgan fingerprint density at radius 1 is 1.07 bits per heavy atom. The van der Waals surface area contributed by atoms with E-state index in [1.165, 1.54) is 9.13 Å². The number of halogens is 1. The van der Waals surface area contributed by atoms with Crippen molar-refractivity contribution in [1.29, 1.82) is 0 Å². The van der Waals surface area contributed by atoms with Gasteiger partial charge in [-0.3, -0.25) is 9.36 Å². The number of hydrogen-bond acceptors (Lipinski definition) is 3. The summed E-state index contributed by atoms with van der Waals surface area (Å²) >= 11 is 6.36. The lowest BCUT2D eigenvalue weighted by Crippen LogP contribution is -2.40. The fourth-order valence-corrected chi connectivity index (χ4v) is 3.37. The van der Waals surface area contributed by atoms with Crippen molar-refractivity contribution in [2.45, 2.75) is 47.2 Å². The Labute approximate surface area is 163 Å². The molecule has 0 radical (unpaired) electrons. The average Bonchev–Trinajstić information content (AvgIpc) is 2.99. The summed E-state index contributed by atoms with van der Waals surface area (Å²) in [4.78, 5) is 30.8. The van der Waals surface area contributed by atoms with E-state index < -0.39 is 5.69 Å². The first kappa shape index (κ1) is 19.4. The van der Waals surface area contributed by atoms with E-state index in [1.54, 1.807) is 24.5 Å². The monoisotopic (exact) mass is 388 g/mol. The summed E-state index contributed by atoms with van der Waals surface area (Å²) in [5.41, 5.74) is 0.613. The van der Waals surface area contributed by atoms with Crippen LogP contribution in [-0.2, 0) is 13.1 Å². The van der Waals surface area contributed by atoms with Crippen molar-refractivity contribution in [3.8, 4) is 5.69 Å². The Balaban J connectivity index is 2.37. The number of benzene rings is 1. The van der Waals surface area contributed by atoms with Crippen LogP contribution in [0.3, 0.4) is 0 Å². The maximum absolute atomic E-state index is 13.2.